The highest BCUT2D eigenvalue weighted by Crippen LogP contribution is 2.42. The molecule has 1 aromatic rings. The maximum Gasteiger partial charge on any atom is 0.232 e. The van der Waals surface area contributed by atoms with Crippen LogP contribution in [0.5, 0.6) is 0 Å². The molecule has 22 heavy (non-hydrogen) atoms. The van der Waals surface area contributed by atoms with Gasteiger partial charge in [-0.05, 0) is 24.7 Å². The number of benzene rings is 1. The average molecular weight is 298 g/mol. The normalized spacial score (nSPS) is 33.4. The van der Waals surface area contributed by atoms with E-state index in [1.165, 1.54) is 0 Å². The molecule has 1 aliphatic heterocycles. The summed E-state index contributed by atoms with van der Waals surface area (Å²) in [5, 5.41) is 0. The predicted molar refractivity (Wildman–Crippen MR) is 79.4 cm³/mol. The third kappa shape index (κ3) is 1.76. The highest BCUT2D eigenvalue weighted by atomic mass is 16.6. The highest BCUT2D eigenvalue weighted by Gasteiger charge is 2.48. The molecule has 4 atom stereocenters. The molecule has 3 aliphatic rings. The van der Waals surface area contributed by atoms with Crippen LogP contribution in [-0.2, 0) is 9.47 Å². The van der Waals surface area contributed by atoms with Gasteiger partial charge < -0.3 is 9.47 Å². The molecule has 0 radical (unpaired) electrons. The van der Waals surface area contributed by atoms with E-state index in [0.29, 0.717) is 23.0 Å². The SMILES string of the molecule is CC1CCC(C)C2OC3=C(OC12)C(=O)c1ccccc1C3=O. The fourth-order valence-corrected chi connectivity index (χ4v) is 3.68. The summed E-state index contributed by atoms with van der Waals surface area (Å²) in [5.41, 5.74) is 0.814. The highest BCUT2D eigenvalue weighted by molar-refractivity contribution is 6.25. The summed E-state index contributed by atoms with van der Waals surface area (Å²) in [6, 6.07) is 6.85. The Morgan fingerprint density at radius 2 is 1.23 bits per heavy atom. The van der Waals surface area contributed by atoms with E-state index in [1.807, 2.05) is 0 Å². The van der Waals surface area contributed by atoms with Gasteiger partial charge in [0.2, 0.25) is 23.1 Å². The maximum absolute atomic E-state index is 12.6. The standard InChI is InChI=1S/C18H18O4/c1-9-7-8-10(2)16-15(9)21-17-13(19)11-5-3-4-6-12(11)14(20)18(17)22-16/h3-6,9-10,15-16H,7-8H2,1-2H3. The number of Topliss-reactive ketones (excluding diaryl/α,β-unsaturated/α-hetero) is 2. The van der Waals surface area contributed by atoms with Crippen molar-refractivity contribution in [2.45, 2.75) is 38.9 Å². The lowest BCUT2D eigenvalue weighted by Gasteiger charge is -2.44. The second-order valence-electron chi connectivity index (χ2n) is 6.56. The van der Waals surface area contributed by atoms with Crippen LogP contribution in [0.1, 0.15) is 47.4 Å². The van der Waals surface area contributed by atoms with Crippen molar-refractivity contribution in [3.8, 4) is 0 Å². The Hall–Kier alpha value is -2.10. The van der Waals surface area contributed by atoms with Crippen LogP contribution in [-0.4, -0.2) is 23.8 Å². The minimum Gasteiger partial charge on any atom is -0.479 e. The number of fused-ring (bicyclic) bond motifs is 2. The Kier molecular flexibility index (Phi) is 2.90. The summed E-state index contributed by atoms with van der Waals surface area (Å²) in [6.45, 7) is 4.23. The number of carbonyl (C=O) groups is 2. The van der Waals surface area contributed by atoms with Crippen LogP contribution in [0.4, 0.5) is 0 Å². The largest absolute Gasteiger partial charge is 0.479 e. The lowest BCUT2D eigenvalue weighted by molar-refractivity contribution is -0.121. The summed E-state index contributed by atoms with van der Waals surface area (Å²) in [5.74, 6) is 0.352. The monoisotopic (exact) mass is 298 g/mol. The maximum atomic E-state index is 12.6. The molecule has 4 nitrogen and oxygen atoms in total. The molecule has 0 amide bonds. The molecule has 2 aliphatic carbocycles. The quantitative estimate of drug-likeness (QED) is 0.738. The molecule has 1 heterocycles. The fraction of sp³-hybridized carbons (Fsp3) is 0.444. The summed E-state index contributed by atoms with van der Waals surface area (Å²) >= 11 is 0. The van der Waals surface area contributed by atoms with Crippen LogP contribution in [0, 0.1) is 11.8 Å². The Bertz CT molecular complexity index is 644. The second kappa shape index (κ2) is 4.70. The topological polar surface area (TPSA) is 52.6 Å². The summed E-state index contributed by atoms with van der Waals surface area (Å²) < 4.78 is 12.0. The molecule has 0 saturated heterocycles. The molecule has 0 N–H and O–H groups in total. The van der Waals surface area contributed by atoms with Crippen molar-refractivity contribution in [1.29, 1.82) is 0 Å². The first-order valence-corrected chi connectivity index (χ1v) is 7.84. The van der Waals surface area contributed by atoms with Gasteiger partial charge in [-0.25, -0.2) is 0 Å². The first-order chi connectivity index (χ1) is 10.6. The Morgan fingerprint density at radius 3 is 1.64 bits per heavy atom. The number of ketones is 2. The van der Waals surface area contributed by atoms with Gasteiger partial charge in [-0.15, -0.1) is 0 Å². The molecule has 4 unspecified atom stereocenters. The van der Waals surface area contributed by atoms with Gasteiger partial charge in [0.05, 0.1) is 0 Å². The van der Waals surface area contributed by atoms with E-state index in [4.69, 9.17) is 9.47 Å². The van der Waals surface area contributed by atoms with E-state index in [9.17, 15) is 9.59 Å². The van der Waals surface area contributed by atoms with Crippen molar-refractivity contribution in [3.05, 3.63) is 46.9 Å². The van der Waals surface area contributed by atoms with Crippen LogP contribution < -0.4 is 0 Å². The van der Waals surface area contributed by atoms with Crippen LogP contribution in [0.15, 0.2) is 35.8 Å². The Balaban J connectivity index is 1.80. The van der Waals surface area contributed by atoms with E-state index in [0.717, 1.165) is 12.8 Å². The Labute approximate surface area is 129 Å². The molecule has 0 aromatic heterocycles. The molecule has 4 rings (SSSR count). The molecule has 0 spiro atoms. The summed E-state index contributed by atoms with van der Waals surface area (Å²) in [6.07, 6.45) is 1.80. The fourth-order valence-electron chi connectivity index (χ4n) is 3.68. The van der Waals surface area contributed by atoms with E-state index < -0.39 is 0 Å². The molecular formula is C18H18O4. The van der Waals surface area contributed by atoms with Gasteiger partial charge in [-0.2, -0.15) is 0 Å². The number of rotatable bonds is 0. The molecule has 1 fully saturated rings. The molecule has 4 heteroatoms. The van der Waals surface area contributed by atoms with Crippen LogP contribution in [0.2, 0.25) is 0 Å². The van der Waals surface area contributed by atoms with Crippen LogP contribution >= 0.6 is 0 Å². The van der Waals surface area contributed by atoms with Gasteiger partial charge in [-0.1, -0.05) is 38.1 Å². The van der Waals surface area contributed by atoms with E-state index in [-0.39, 0.29) is 35.3 Å². The Morgan fingerprint density at radius 1 is 0.818 bits per heavy atom. The molecule has 0 bridgehead atoms. The molecule has 1 aromatic carbocycles. The first kappa shape index (κ1) is 13.6. The average Bonchev–Trinajstić information content (AvgIpc) is 2.55. The van der Waals surface area contributed by atoms with E-state index >= 15 is 0 Å². The zero-order chi connectivity index (χ0) is 15.4. The predicted octanol–water partition coefficient (Wildman–Crippen LogP) is 3.13. The summed E-state index contributed by atoms with van der Waals surface area (Å²) in [4.78, 5) is 25.3. The van der Waals surface area contributed by atoms with Crippen LogP contribution in [0.25, 0.3) is 0 Å². The minimum atomic E-state index is -0.242. The van der Waals surface area contributed by atoms with Gasteiger partial charge in [0.25, 0.3) is 0 Å². The zero-order valence-electron chi connectivity index (χ0n) is 12.7. The lowest BCUT2D eigenvalue weighted by Crippen LogP contribution is -2.49. The van der Waals surface area contributed by atoms with Gasteiger partial charge in [0.1, 0.15) is 12.2 Å². The third-order valence-electron chi connectivity index (χ3n) is 5.07. The first-order valence-electron chi connectivity index (χ1n) is 7.84. The molecule has 114 valence electrons. The number of carbonyl (C=O) groups excluding carboxylic acids is 2. The van der Waals surface area contributed by atoms with Crippen molar-refractivity contribution < 1.29 is 19.1 Å². The number of allylic oxidation sites excluding steroid dienone is 2. The minimum absolute atomic E-state index is 0.103. The zero-order valence-corrected chi connectivity index (χ0v) is 12.7. The van der Waals surface area contributed by atoms with Gasteiger partial charge in [0, 0.05) is 11.1 Å². The van der Waals surface area contributed by atoms with Crippen molar-refractivity contribution >= 4 is 11.6 Å². The smallest absolute Gasteiger partial charge is 0.232 e. The van der Waals surface area contributed by atoms with Crippen molar-refractivity contribution in [3.63, 3.8) is 0 Å². The van der Waals surface area contributed by atoms with Crippen LogP contribution in [0.3, 0.4) is 0 Å². The number of ether oxygens (including phenoxy) is 2. The lowest BCUT2D eigenvalue weighted by atomic mass is 9.78. The summed E-state index contributed by atoms with van der Waals surface area (Å²) in [7, 11) is 0. The van der Waals surface area contributed by atoms with E-state index in [1.54, 1.807) is 24.3 Å². The van der Waals surface area contributed by atoms with Gasteiger partial charge >= 0.3 is 0 Å². The van der Waals surface area contributed by atoms with Crippen molar-refractivity contribution in [1.82, 2.24) is 0 Å². The van der Waals surface area contributed by atoms with Gasteiger partial charge in [-0.3, -0.25) is 9.59 Å². The van der Waals surface area contributed by atoms with E-state index in [2.05, 4.69) is 13.8 Å². The molecular weight excluding hydrogens is 280 g/mol. The van der Waals surface area contributed by atoms with Crippen molar-refractivity contribution in [2.24, 2.45) is 11.8 Å². The van der Waals surface area contributed by atoms with Crippen molar-refractivity contribution in [2.75, 3.05) is 0 Å². The molecule has 1 saturated carbocycles. The third-order valence-corrected chi connectivity index (χ3v) is 5.07. The number of hydrogen-bond acceptors (Lipinski definition) is 4. The second-order valence-corrected chi connectivity index (χ2v) is 6.56. The number of hydrogen-bond donors (Lipinski definition) is 0. The van der Waals surface area contributed by atoms with Gasteiger partial charge in [0.15, 0.2) is 0 Å².